The van der Waals surface area contributed by atoms with Crippen LogP contribution in [-0.4, -0.2) is 8.07 Å². The van der Waals surface area contributed by atoms with Gasteiger partial charge in [0, 0.05) is 1.37 Å². The summed E-state index contributed by atoms with van der Waals surface area (Å²) < 4.78 is 8.04. The molecule has 0 aliphatic carbocycles. The van der Waals surface area contributed by atoms with E-state index in [1.807, 2.05) is 18.2 Å². The highest BCUT2D eigenvalue weighted by Crippen LogP contribution is 2.27. The fourth-order valence-corrected chi connectivity index (χ4v) is 4.70. The lowest BCUT2D eigenvalue weighted by molar-refractivity contribution is 1.30. The van der Waals surface area contributed by atoms with Gasteiger partial charge in [-0.3, -0.25) is 0 Å². The van der Waals surface area contributed by atoms with Gasteiger partial charge in [-0.2, -0.15) is 0 Å². The normalized spacial score (nSPS) is 14.0. The average Bonchev–Trinajstić information content (AvgIpc) is 2.17. The Hall–Kier alpha value is -0.823. The maximum absolute atomic E-state index is 8.04. The summed E-state index contributed by atoms with van der Waals surface area (Å²) in [4.78, 5) is 0. The molecule has 1 atom stereocenters. The standard InChI is InChI=1S/C12H20Si/c1-5-9-13(10-6-2,11-7-3)12-8-4/h5-8H,1-4,9-12H2/i9D. The zero-order chi connectivity index (χ0) is 11.0. The summed E-state index contributed by atoms with van der Waals surface area (Å²) >= 11 is 0. The van der Waals surface area contributed by atoms with Crippen molar-refractivity contribution in [2.24, 2.45) is 0 Å². The molecule has 0 amide bonds. The molecule has 1 heteroatoms. The Morgan fingerprint density at radius 2 is 1.23 bits per heavy atom. The molecule has 0 saturated carbocycles. The van der Waals surface area contributed by atoms with Crippen LogP contribution in [0.4, 0.5) is 0 Å². The van der Waals surface area contributed by atoms with Gasteiger partial charge >= 0.3 is 0 Å². The van der Waals surface area contributed by atoms with Gasteiger partial charge in [-0.15, -0.1) is 26.3 Å². The van der Waals surface area contributed by atoms with Gasteiger partial charge in [-0.05, 0) is 24.2 Å². The minimum absolute atomic E-state index is 0.156. The Bertz CT molecular complexity index is 194. The van der Waals surface area contributed by atoms with E-state index in [4.69, 9.17) is 1.37 Å². The third-order valence-corrected chi connectivity index (χ3v) is 6.37. The molecule has 0 aliphatic rings. The lowest BCUT2D eigenvalue weighted by Crippen LogP contribution is -2.30. The average molecular weight is 193 g/mol. The van der Waals surface area contributed by atoms with E-state index < -0.39 is 8.07 Å². The second-order valence-corrected chi connectivity index (χ2v) is 7.53. The number of rotatable bonds is 8. The van der Waals surface area contributed by atoms with Crippen LogP contribution in [-0.2, 0) is 0 Å². The first-order valence-corrected chi connectivity index (χ1v) is 7.24. The largest absolute Gasteiger partial charge is 0.103 e. The van der Waals surface area contributed by atoms with Crippen LogP contribution in [0.25, 0.3) is 0 Å². The predicted molar refractivity (Wildman–Crippen MR) is 65.8 cm³/mol. The summed E-state index contributed by atoms with van der Waals surface area (Å²) in [6, 6.07) is 2.65. The maximum atomic E-state index is 8.04. The van der Waals surface area contributed by atoms with Crippen LogP contribution in [0.15, 0.2) is 50.6 Å². The Labute approximate surface area is 84.8 Å². The predicted octanol–water partition coefficient (Wildman–Crippen LogP) is 4.18. The van der Waals surface area contributed by atoms with Crippen LogP contribution in [0.2, 0.25) is 24.2 Å². The molecule has 0 N–H and O–H groups in total. The summed E-state index contributed by atoms with van der Waals surface area (Å²) in [5, 5.41) is 0. The van der Waals surface area contributed by atoms with Gasteiger partial charge in [0.15, 0.2) is 0 Å². The van der Waals surface area contributed by atoms with Crippen molar-refractivity contribution in [3.05, 3.63) is 50.6 Å². The molecule has 0 heterocycles. The minimum atomic E-state index is -1.70. The molecule has 0 nitrogen and oxygen atoms in total. The minimum Gasteiger partial charge on any atom is -0.103 e. The molecular formula is C12H20Si. The lowest BCUT2D eigenvalue weighted by Gasteiger charge is -2.27. The van der Waals surface area contributed by atoms with Crippen LogP contribution in [0.5, 0.6) is 0 Å². The van der Waals surface area contributed by atoms with Gasteiger partial charge in [0.05, 0.1) is 8.07 Å². The lowest BCUT2D eigenvalue weighted by atomic mass is 10.7. The van der Waals surface area contributed by atoms with Crippen molar-refractivity contribution in [3.63, 3.8) is 0 Å². The molecular weight excluding hydrogens is 172 g/mol. The summed E-state index contributed by atoms with van der Waals surface area (Å²) in [5.74, 6) is 0. The molecule has 0 spiro atoms. The summed E-state index contributed by atoms with van der Waals surface area (Å²) in [7, 11) is -1.70. The van der Waals surface area contributed by atoms with E-state index >= 15 is 0 Å². The maximum Gasteiger partial charge on any atom is 0.0685 e. The molecule has 0 aliphatic heterocycles. The first kappa shape index (κ1) is 10.3. The fraction of sp³-hybridized carbons (Fsp3) is 0.333. The second-order valence-electron chi connectivity index (χ2n) is 3.24. The van der Waals surface area contributed by atoms with Gasteiger partial charge in [-0.25, -0.2) is 0 Å². The molecule has 0 aromatic carbocycles. The van der Waals surface area contributed by atoms with Crippen LogP contribution in [0.3, 0.4) is 0 Å². The molecule has 0 saturated heterocycles. The quantitative estimate of drug-likeness (QED) is 0.401. The van der Waals surface area contributed by atoms with E-state index in [0.29, 0.717) is 0 Å². The molecule has 0 rings (SSSR count). The first-order chi connectivity index (χ1) is 6.66. The van der Waals surface area contributed by atoms with Crippen molar-refractivity contribution < 1.29 is 1.37 Å². The summed E-state index contributed by atoms with van der Waals surface area (Å²) in [6.45, 7) is 15.0. The van der Waals surface area contributed by atoms with Gasteiger partial charge in [-0.1, -0.05) is 24.3 Å². The van der Waals surface area contributed by atoms with Crippen LogP contribution >= 0.6 is 0 Å². The van der Waals surface area contributed by atoms with Crippen molar-refractivity contribution in [1.29, 1.82) is 0 Å². The first-order valence-electron chi connectivity index (χ1n) is 5.12. The van der Waals surface area contributed by atoms with Crippen molar-refractivity contribution in [2.45, 2.75) is 24.2 Å². The molecule has 0 radical (unpaired) electrons. The number of allylic oxidation sites excluding steroid dienone is 4. The Kier molecular flexibility index (Phi) is 5.26. The zero-order valence-corrected chi connectivity index (χ0v) is 9.34. The molecule has 0 bridgehead atoms. The monoisotopic (exact) mass is 193 g/mol. The highest BCUT2D eigenvalue weighted by molar-refractivity contribution is 6.81. The molecule has 1 unspecified atom stereocenters. The zero-order valence-electron chi connectivity index (χ0n) is 9.34. The summed E-state index contributed by atoms with van der Waals surface area (Å²) in [6.07, 6.45) is 7.50. The van der Waals surface area contributed by atoms with E-state index in [-0.39, 0.29) is 6.02 Å². The summed E-state index contributed by atoms with van der Waals surface area (Å²) in [5.41, 5.74) is 0. The Morgan fingerprint density at radius 3 is 1.46 bits per heavy atom. The Balaban J connectivity index is 4.87. The van der Waals surface area contributed by atoms with Crippen LogP contribution in [0.1, 0.15) is 1.37 Å². The molecule has 0 aromatic rings. The topological polar surface area (TPSA) is 0 Å². The third-order valence-electron chi connectivity index (χ3n) is 2.12. The fourth-order valence-electron chi connectivity index (χ4n) is 1.57. The molecule has 13 heavy (non-hydrogen) atoms. The van der Waals surface area contributed by atoms with E-state index in [1.165, 1.54) is 0 Å². The van der Waals surface area contributed by atoms with Crippen LogP contribution in [0, 0.1) is 0 Å². The van der Waals surface area contributed by atoms with Crippen molar-refractivity contribution in [2.75, 3.05) is 0 Å². The Morgan fingerprint density at radius 1 is 0.846 bits per heavy atom. The van der Waals surface area contributed by atoms with E-state index in [0.717, 1.165) is 18.1 Å². The van der Waals surface area contributed by atoms with Gasteiger partial charge in [0.1, 0.15) is 0 Å². The van der Waals surface area contributed by atoms with Gasteiger partial charge in [0.2, 0.25) is 0 Å². The molecule has 0 fully saturated rings. The smallest absolute Gasteiger partial charge is 0.0685 e. The van der Waals surface area contributed by atoms with Gasteiger partial charge < -0.3 is 0 Å². The van der Waals surface area contributed by atoms with E-state index in [1.54, 1.807) is 6.08 Å². The van der Waals surface area contributed by atoms with E-state index in [2.05, 4.69) is 26.3 Å². The van der Waals surface area contributed by atoms with Crippen LogP contribution < -0.4 is 0 Å². The highest BCUT2D eigenvalue weighted by Gasteiger charge is 2.26. The number of hydrogen-bond donors (Lipinski definition) is 0. The molecule has 0 aromatic heterocycles. The van der Waals surface area contributed by atoms with Crippen molar-refractivity contribution >= 4 is 8.07 Å². The number of hydrogen-bond acceptors (Lipinski definition) is 0. The van der Waals surface area contributed by atoms with E-state index in [9.17, 15) is 0 Å². The van der Waals surface area contributed by atoms with Gasteiger partial charge in [0.25, 0.3) is 0 Å². The van der Waals surface area contributed by atoms with Crippen molar-refractivity contribution in [1.82, 2.24) is 0 Å². The molecule has 72 valence electrons. The third kappa shape index (κ3) is 4.09. The van der Waals surface area contributed by atoms with Crippen molar-refractivity contribution in [3.8, 4) is 0 Å². The second kappa shape index (κ2) is 6.67. The SMILES string of the molecule is [2H]C(C=C)[Si](CC=C)(CC=C)CC=C. The highest BCUT2D eigenvalue weighted by atomic mass is 28.3.